The molecule has 1 N–H and O–H groups in total. The number of hydrogen-bond acceptors (Lipinski definition) is 4. The van der Waals surface area contributed by atoms with Crippen molar-refractivity contribution >= 4 is 17.5 Å². The minimum absolute atomic E-state index is 0.362. The maximum Gasteiger partial charge on any atom is 0.280 e. The summed E-state index contributed by atoms with van der Waals surface area (Å²) in [4.78, 5) is 27.0. The number of carbonyl (C=O) groups is 2. The van der Waals surface area contributed by atoms with Crippen molar-refractivity contribution < 1.29 is 18.7 Å². The van der Waals surface area contributed by atoms with Gasteiger partial charge in [-0.05, 0) is 38.1 Å². The maximum atomic E-state index is 12.8. The molecule has 2 heterocycles. The van der Waals surface area contributed by atoms with Crippen molar-refractivity contribution in [2.45, 2.75) is 25.9 Å². The maximum absolute atomic E-state index is 12.8. The second-order valence-electron chi connectivity index (χ2n) is 5.74. The van der Waals surface area contributed by atoms with Gasteiger partial charge in [-0.15, -0.1) is 0 Å². The van der Waals surface area contributed by atoms with Crippen molar-refractivity contribution in [3.63, 3.8) is 0 Å². The summed E-state index contributed by atoms with van der Waals surface area (Å²) in [6.45, 7) is 4.21. The number of furan rings is 1. The molecule has 0 aliphatic carbocycles. The zero-order chi connectivity index (χ0) is 17.2. The average molecular weight is 328 g/mol. The Balaban J connectivity index is 1.76. The molecule has 1 unspecified atom stereocenters. The SMILES string of the molecule is CCN1C(=O)C(C)(C(=O)NCCc2ccco2)Oc2ccccc21. The molecule has 2 aromatic rings. The number of amides is 2. The molecule has 0 saturated carbocycles. The molecule has 1 atom stereocenters. The van der Waals surface area contributed by atoms with Gasteiger partial charge in [-0.25, -0.2) is 0 Å². The summed E-state index contributed by atoms with van der Waals surface area (Å²) in [5.41, 5.74) is -0.890. The Morgan fingerprint density at radius 3 is 2.75 bits per heavy atom. The van der Waals surface area contributed by atoms with E-state index in [1.165, 1.54) is 6.92 Å². The van der Waals surface area contributed by atoms with E-state index in [-0.39, 0.29) is 5.91 Å². The van der Waals surface area contributed by atoms with Crippen LogP contribution in [0.4, 0.5) is 5.69 Å². The van der Waals surface area contributed by atoms with Crippen molar-refractivity contribution in [3.05, 3.63) is 48.4 Å². The molecule has 0 bridgehead atoms. The van der Waals surface area contributed by atoms with Crippen LogP contribution in [0, 0.1) is 0 Å². The van der Waals surface area contributed by atoms with Crippen LogP contribution in [0.15, 0.2) is 47.1 Å². The number of para-hydroxylation sites is 2. The van der Waals surface area contributed by atoms with Crippen molar-refractivity contribution in [1.82, 2.24) is 5.32 Å². The monoisotopic (exact) mass is 328 g/mol. The van der Waals surface area contributed by atoms with E-state index < -0.39 is 11.5 Å². The summed E-state index contributed by atoms with van der Waals surface area (Å²) in [6.07, 6.45) is 2.14. The third-order valence-corrected chi connectivity index (χ3v) is 4.11. The normalized spacial score (nSPS) is 19.6. The third-order valence-electron chi connectivity index (χ3n) is 4.11. The highest BCUT2D eigenvalue weighted by Crippen LogP contribution is 2.37. The predicted molar refractivity (Wildman–Crippen MR) is 88.9 cm³/mol. The van der Waals surface area contributed by atoms with E-state index >= 15 is 0 Å². The molecular weight excluding hydrogens is 308 g/mol. The lowest BCUT2D eigenvalue weighted by molar-refractivity contribution is -0.148. The zero-order valence-electron chi connectivity index (χ0n) is 13.7. The van der Waals surface area contributed by atoms with Crippen LogP contribution in [0.1, 0.15) is 19.6 Å². The van der Waals surface area contributed by atoms with Gasteiger partial charge >= 0.3 is 0 Å². The molecule has 0 spiro atoms. The molecule has 1 aliphatic heterocycles. The Labute approximate surface area is 140 Å². The van der Waals surface area contributed by atoms with E-state index in [0.717, 1.165) is 5.76 Å². The highest BCUT2D eigenvalue weighted by atomic mass is 16.5. The minimum Gasteiger partial charge on any atom is -0.469 e. The van der Waals surface area contributed by atoms with Crippen molar-refractivity contribution in [3.8, 4) is 5.75 Å². The molecule has 0 saturated heterocycles. The topological polar surface area (TPSA) is 71.8 Å². The number of hydrogen-bond donors (Lipinski definition) is 1. The highest BCUT2D eigenvalue weighted by Gasteiger charge is 2.50. The fourth-order valence-corrected chi connectivity index (χ4v) is 2.78. The number of carbonyl (C=O) groups excluding carboxylic acids is 2. The van der Waals surface area contributed by atoms with E-state index in [9.17, 15) is 9.59 Å². The smallest absolute Gasteiger partial charge is 0.280 e. The number of rotatable bonds is 5. The Hall–Kier alpha value is -2.76. The van der Waals surface area contributed by atoms with Crippen molar-refractivity contribution in [2.24, 2.45) is 0 Å². The van der Waals surface area contributed by atoms with E-state index in [2.05, 4.69) is 5.32 Å². The average Bonchev–Trinajstić information content (AvgIpc) is 3.09. The number of ether oxygens (including phenoxy) is 1. The molecule has 24 heavy (non-hydrogen) atoms. The fraction of sp³-hybridized carbons (Fsp3) is 0.333. The summed E-state index contributed by atoms with van der Waals surface area (Å²) in [5, 5.41) is 2.77. The third kappa shape index (κ3) is 2.75. The first-order valence-corrected chi connectivity index (χ1v) is 7.97. The predicted octanol–water partition coefficient (Wildman–Crippen LogP) is 2.14. The number of nitrogens with one attached hydrogen (secondary N) is 1. The van der Waals surface area contributed by atoms with E-state index in [1.807, 2.05) is 31.2 Å². The molecule has 1 aliphatic rings. The number of fused-ring (bicyclic) bond motifs is 1. The number of nitrogens with zero attached hydrogens (tertiary/aromatic N) is 1. The molecule has 6 nitrogen and oxygen atoms in total. The molecule has 126 valence electrons. The van der Waals surface area contributed by atoms with Crippen LogP contribution in [0.25, 0.3) is 0 Å². The van der Waals surface area contributed by atoms with Gasteiger partial charge in [-0.3, -0.25) is 9.59 Å². The molecule has 0 fully saturated rings. The quantitative estimate of drug-likeness (QED) is 0.854. The number of likely N-dealkylation sites (N-methyl/N-ethyl adjacent to an activating group) is 1. The molecular formula is C18H20N2O4. The van der Waals surface area contributed by atoms with Gasteiger partial charge in [0, 0.05) is 19.5 Å². The van der Waals surface area contributed by atoms with Gasteiger partial charge in [0.2, 0.25) is 0 Å². The summed E-state index contributed by atoms with van der Waals surface area (Å²) in [7, 11) is 0. The fourth-order valence-electron chi connectivity index (χ4n) is 2.78. The lowest BCUT2D eigenvalue weighted by atomic mass is 10.00. The van der Waals surface area contributed by atoms with Gasteiger partial charge in [0.05, 0.1) is 12.0 Å². The van der Waals surface area contributed by atoms with Crippen LogP contribution in [-0.4, -0.2) is 30.5 Å². The molecule has 0 radical (unpaired) electrons. The van der Waals surface area contributed by atoms with Gasteiger partial charge in [0.15, 0.2) is 0 Å². The van der Waals surface area contributed by atoms with Gasteiger partial charge in [-0.1, -0.05) is 12.1 Å². The van der Waals surface area contributed by atoms with Crippen LogP contribution in [-0.2, 0) is 16.0 Å². The largest absolute Gasteiger partial charge is 0.469 e. The first kappa shape index (κ1) is 16.1. The van der Waals surface area contributed by atoms with Crippen LogP contribution >= 0.6 is 0 Å². The minimum atomic E-state index is -1.58. The van der Waals surface area contributed by atoms with E-state index in [1.54, 1.807) is 23.3 Å². The van der Waals surface area contributed by atoms with Gasteiger partial charge in [0.1, 0.15) is 11.5 Å². The molecule has 3 rings (SSSR count). The van der Waals surface area contributed by atoms with Crippen LogP contribution in [0.3, 0.4) is 0 Å². The Morgan fingerprint density at radius 2 is 2.04 bits per heavy atom. The first-order valence-electron chi connectivity index (χ1n) is 7.97. The molecule has 6 heteroatoms. The number of anilines is 1. The highest BCUT2D eigenvalue weighted by molar-refractivity contribution is 6.16. The number of benzene rings is 1. The standard InChI is InChI=1S/C18H20N2O4/c1-3-20-14-8-4-5-9-15(14)24-18(2,17(20)22)16(21)19-11-10-13-7-6-12-23-13/h4-9,12H,3,10-11H2,1-2H3,(H,19,21). The van der Waals surface area contributed by atoms with Crippen LogP contribution in [0.2, 0.25) is 0 Å². The van der Waals surface area contributed by atoms with Gasteiger partial charge in [-0.2, -0.15) is 0 Å². The second-order valence-corrected chi connectivity index (χ2v) is 5.74. The van der Waals surface area contributed by atoms with E-state index in [4.69, 9.17) is 9.15 Å². The zero-order valence-corrected chi connectivity index (χ0v) is 13.7. The lowest BCUT2D eigenvalue weighted by Crippen LogP contribution is -2.62. The second kappa shape index (κ2) is 6.39. The van der Waals surface area contributed by atoms with E-state index in [0.29, 0.717) is 30.9 Å². The lowest BCUT2D eigenvalue weighted by Gasteiger charge is -2.39. The Bertz CT molecular complexity index is 741. The van der Waals surface area contributed by atoms with Crippen molar-refractivity contribution in [1.29, 1.82) is 0 Å². The molecule has 1 aromatic carbocycles. The van der Waals surface area contributed by atoms with Gasteiger partial charge in [0.25, 0.3) is 17.4 Å². The van der Waals surface area contributed by atoms with Crippen molar-refractivity contribution in [2.75, 3.05) is 18.0 Å². The molecule has 2 amide bonds. The Kier molecular flexibility index (Phi) is 4.29. The summed E-state index contributed by atoms with van der Waals surface area (Å²) in [5.74, 6) is 0.491. The van der Waals surface area contributed by atoms with Gasteiger partial charge < -0.3 is 19.4 Å². The summed E-state index contributed by atoms with van der Waals surface area (Å²) >= 11 is 0. The van der Waals surface area contributed by atoms with Crippen LogP contribution in [0.5, 0.6) is 5.75 Å². The Morgan fingerprint density at radius 1 is 1.25 bits per heavy atom. The summed E-state index contributed by atoms with van der Waals surface area (Å²) in [6, 6.07) is 10.9. The first-order chi connectivity index (χ1) is 11.6. The van der Waals surface area contributed by atoms with Crippen LogP contribution < -0.4 is 15.0 Å². The summed E-state index contributed by atoms with van der Waals surface area (Å²) < 4.78 is 11.0. The molecule has 1 aromatic heterocycles.